The number of benzene rings is 1. The van der Waals surface area contributed by atoms with Crippen molar-refractivity contribution >= 4 is 0 Å². The number of aromatic hydroxyl groups is 1. The predicted molar refractivity (Wildman–Crippen MR) is 71.4 cm³/mol. The van der Waals surface area contributed by atoms with Crippen LogP contribution in [0.5, 0.6) is 5.75 Å². The second kappa shape index (κ2) is 4.88. The number of rotatable bonds is 3. The van der Waals surface area contributed by atoms with Crippen molar-refractivity contribution in [1.29, 1.82) is 0 Å². The maximum atomic E-state index is 9.26. The van der Waals surface area contributed by atoms with Crippen LogP contribution in [0.15, 0.2) is 28.8 Å². The first kappa shape index (κ1) is 13.1. The minimum Gasteiger partial charge on any atom is -0.508 e. The van der Waals surface area contributed by atoms with E-state index in [4.69, 9.17) is 15.0 Å². The fourth-order valence-electron chi connectivity index (χ4n) is 2.26. The second-order valence-electron chi connectivity index (χ2n) is 5.40. The Morgan fingerprint density at radius 3 is 2.80 bits per heavy atom. The molecule has 3 rings (SSSR count). The Hall–Kier alpha value is -1.92. The topological polar surface area (TPSA) is 94.4 Å². The van der Waals surface area contributed by atoms with Crippen molar-refractivity contribution in [3.63, 3.8) is 0 Å². The van der Waals surface area contributed by atoms with E-state index in [1.807, 2.05) is 19.1 Å². The number of hydrogen-bond donors (Lipinski definition) is 2. The number of phenolic OH excluding ortho intramolecular Hbond substituents is 1. The first-order valence-corrected chi connectivity index (χ1v) is 6.52. The van der Waals surface area contributed by atoms with Gasteiger partial charge in [-0.2, -0.15) is 4.98 Å². The van der Waals surface area contributed by atoms with Gasteiger partial charge in [-0.1, -0.05) is 17.3 Å². The summed E-state index contributed by atoms with van der Waals surface area (Å²) in [6, 6.07) is 6.80. The van der Waals surface area contributed by atoms with Gasteiger partial charge in [0.2, 0.25) is 5.89 Å². The standard InChI is InChI=1S/C14H17N3O3/c1-14(8-19-7-11(14)15)13-16-12(17-20-13)6-9-2-4-10(18)5-3-9/h2-5,11,18H,6-8,15H2,1H3. The number of nitrogens with zero attached hydrogens (tertiary/aromatic N) is 2. The minimum absolute atomic E-state index is 0.135. The Balaban J connectivity index is 1.78. The molecule has 2 heterocycles. The molecule has 1 saturated heterocycles. The molecule has 1 aromatic heterocycles. The van der Waals surface area contributed by atoms with E-state index in [9.17, 15) is 5.11 Å². The quantitative estimate of drug-likeness (QED) is 0.867. The maximum absolute atomic E-state index is 9.26. The van der Waals surface area contributed by atoms with Crippen molar-refractivity contribution in [3.05, 3.63) is 41.5 Å². The highest BCUT2D eigenvalue weighted by Crippen LogP contribution is 2.30. The van der Waals surface area contributed by atoms with E-state index in [0.29, 0.717) is 31.3 Å². The molecule has 0 spiro atoms. The molecule has 2 unspecified atom stereocenters. The normalized spacial score (nSPS) is 26.0. The number of aromatic nitrogens is 2. The lowest BCUT2D eigenvalue weighted by atomic mass is 9.86. The van der Waals surface area contributed by atoms with Crippen LogP contribution in [0.1, 0.15) is 24.2 Å². The molecule has 0 aliphatic carbocycles. The SMILES string of the molecule is CC1(c2nc(Cc3ccc(O)cc3)no2)COCC1N. The average molecular weight is 275 g/mol. The summed E-state index contributed by atoms with van der Waals surface area (Å²) in [6.45, 7) is 2.98. The van der Waals surface area contributed by atoms with Crippen LogP contribution in [0, 0.1) is 0 Å². The summed E-state index contributed by atoms with van der Waals surface area (Å²) in [7, 11) is 0. The summed E-state index contributed by atoms with van der Waals surface area (Å²) in [6.07, 6.45) is 0.552. The summed E-state index contributed by atoms with van der Waals surface area (Å²) >= 11 is 0. The molecule has 1 aliphatic heterocycles. The van der Waals surface area contributed by atoms with Gasteiger partial charge in [-0.25, -0.2) is 0 Å². The van der Waals surface area contributed by atoms with Crippen molar-refractivity contribution < 1.29 is 14.4 Å². The average Bonchev–Trinajstić information content (AvgIpc) is 3.02. The van der Waals surface area contributed by atoms with Crippen LogP contribution in [-0.4, -0.2) is 34.5 Å². The number of hydrogen-bond acceptors (Lipinski definition) is 6. The molecule has 106 valence electrons. The van der Waals surface area contributed by atoms with Crippen LogP contribution in [-0.2, 0) is 16.6 Å². The Kier molecular flexibility index (Phi) is 3.19. The Morgan fingerprint density at radius 2 is 2.15 bits per heavy atom. The van der Waals surface area contributed by atoms with Crippen molar-refractivity contribution in [2.45, 2.75) is 24.8 Å². The third-order valence-corrected chi connectivity index (χ3v) is 3.77. The van der Waals surface area contributed by atoms with Crippen LogP contribution < -0.4 is 5.73 Å². The van der Waals surface area contributed by atoms with Gasteiger partial charge in [-0.15, -0.1) is 0 Å². The molecule has 1 aliphatic rings. The van der Waals surface area contributed by atoms with Crippen molar-refractivity contribution in [1.82, 2.24) is 10.1 Å². The zero-order valence-electron chi connectivity index (χ0n) is 11.2. The minimum atomic E-state index is -0.416. The number of nitrogens with two attached hydrogens (primary N) is 1. The highest BCUT2D eigenvalue weighted by molar-refractivity contribution is 5.27. The molecule has 0 amide bonds. The van der Waals surface area contributed by atoms with E-state index in [1.54, 1.807) is 12.1 Å². The molecular formula is C14H17N3O3. The zero-order chi connectivity index (χ0) is 14.2. The van der Waals surface area contributed by atoms with E-state index in [-0.39, 0.29) is 11.8 Å². The van der Waals surface area contributed by atoms with Crippen LogP contribution in [0.3, 0.4) is 0 Å². The molecular weight excluding hydrogens is 258 g/mol. The Labute approximate surface area is 116 Å². The molecule has 1 aromatic carbocycles. The van der Waals surface area contributed by atoms with Crippen LogP contribution in [0.4, 0.5) is 0 Å². The maximum Gasteiger partial charge on any atom is 0.236 e. The van der Waals surface area contributed by atoms with Crippen LogP contribution in [0.2, 0.25) is 0 Å². The van der Waals surface area contributed by atoms with E-state index < -0.39 is 5.41 Å². The Morgan fingerprint density at radius 1 is 1.40 bits per heavy atom. The fourth-order valence-corrected chi connectivity index (χ4v) is 2.26. The van der Waals surface area contributed by atoms with Gasteiger partial charge in [0.05, 0.1) is 18.6 Å². The lowest BCUT2D eigenvalue weighted by Crippen LogP contribution is -2.42. The first-order valence-electron chi connectivity index (χ1n) is 6.52. The second-order valence-corrected chi connectivity index (χ2v) is 5.40. The molecule has 2 aromatic rings. The molecule has 20 heavy (non-hydrogen) atoms. The van der Waals surface area contributed by atoms with Gasteiger partial charge in [-0.3, -0.25) is 0 Å². The van der Waals surface area contributed by atoms with Gasteiger partial charge in [0.25, 0.3) is 0 Å². The molecule has 6 nitrogen and oxygen atoms in total. The van der Waals surface area contributed by atoms with Crippen molar-refractivity contribution in [2.75, 3.05) is 13.2 Å². The molecule has 6 heteroatoms. The largest absolute Gasteiger partial charge is 0.508 e. The summed E-state index contributed by atoms with van der Waals surface area (Å²) in [4.78, 5) is 4.43. The summed E-state index contributed by atoms with van der Waals surface area (Å²) in [5.41, 5.74) is 6.63. The van der Waals surface area contributed by atoms with Gasteiger partial charge < -0.3 is 20.1 Å². The van der Waals surface area contributed by atoms with Gasteiger partial charge >= 0.3 is 0 Å². The molecule has 2 atom stereocenters. The van der Waals surface area contributed by atoms with Crippen molar-refractivity contribution in [3.8, 4) is 5.75 Å². The summed E-state index contributed by atoms with van der Waals surface area (Å²) in [5, 5.41) is 13.3. The molecule has 0 saturated carbocycles. The monoisotopic (exact) mass is 275 g/mol. The molecule has 0 radical (unpaired) electrons. The van der Waals surface area contributed by atoms with E-state index >= 15 is 0 Å². The van der Waals surface area contributed by atoms with Crippen LogP contribution in [0.25, 0.3) is 0 Å². The lowest BCUT2D eigenvalue weighted by Gasteiger charge is -2.21. The first-order chi connectivity index (χ1) is 9.58. The molecule has 3 N–H and O–H groups in total. The van der Waals surface area contributed by atoms with Gasteiger partial charge in [0.15, 0.2) is 5.82 Å². The van der Waals surface area contributed by atoms with Crippen LogP contribution >= 0.6 is 0 Å². The smallest absolute Gasteiger partial charge is 0.236 e. The molecule has 1 fully saturated rings. The van der Waals surface area contributed by atoms with E-state index in [0.717, 1.165) is 5.56 Å². The van der Waals surface area contributed by atoms with Crippen molar-refractivity contribution in [2.24, 2.45) is 5.73 Å². The van der Waals surface area contributed by atoms with E-state index in [2.05, 4.69) is 10.1 Å². The fraction of sp³-hybridized carbons (Fsp3) is 0.429. The third-order valence-electron chi connectivity index (χ3n) is 3.77. The van der Waals surface area contributed by atoms with Gasteiger partial charge in [0.1, 0.15) is 5.75 Å². The highest BCUT2D eigenvalue weighted by atomic mass is 16.5. The third kappa shape index (κ3) is 2.28. The van der Waals surface area contributed by atoms with E-state index in [1.165, 1.54) is 0 Å². The number of phenols is 1. The zero-order valence-corrected chi connectivity index (χ0v) is 11.2. The van der Waals surface area contributed by atoms with Gasteiger partial charge in [0, 0.05) is 12.5 Å². The highest BCUT2D eigenvalue weighted by Gasteiger charge is 2.44. The summed E-state index contributed by atoms with van der Waals surface area (Å²) < 4.78 is 10.7. The lowest BCUT2D eigenvalue weighted by molar-refractivity contribution is 0.169. The van der Waals surface area contributed by atoms with Gasteiger partial charge in [-0.05, 0) is 24.6 Å². The predicted octanol–water partition coefficient (Wildman–Crippen LogP) is 0.981. The summed E-state index contributed by atoms with van der Waals surface area (Å²) in [5.74, 6) is 1.37. The number of ether oxygens (including phenoxy) is 1. The Bertz CT molecular complexity index is 596. The molecule has 0 bridgehead atoms.